The van der Waals surface area contributed by atoms with E-state index in [4.69, 9.17) is 15.4 Å². The van der Waals surface area contributed by atoms with Crippen LogP contribution in [0.15, 0.2) is 52.0 Å². The van der Waals surface area contributed by atoms with Crippen molar-refractivity contribution in [2.45, 2.75) is 39.2 Å². The van der Waals surface area contributed by atoms with Gasteiger partial charge in [-0.3, -0.25) is 4.79 Å². The highest BCUT2D eigenvalue weighted by molar-refractivity contribution is 5.81. The molecule has 0 aliphatic carbocycles. The summed E-state index contributed by atoms with van der Waals surface area (Å²) >= 11 is 0. The topological polar surface area (TPSA) is 122 Å². The fraction of sp³-hybridized carbons (Fsp3) is 0.304. The Morgan fingerprint density at radius 2 is 2.07 bits per heavy atom. The van der Waals surface area contributed by atoms with Crippen LogP contribution in [0.25, 0.3) is 22.6 Å². The standard InChI is InChI=1S/C23H23N5O2/c1-16(13-24)6-3-2-4-10-28-15-17(8-9-21(28)29)19-12-18(14-25)23(26)27-22(19)20-7-5-11-30-20/h5,7-9,11-12,15-16H,2-4,6,10H2,1H3,(H2,26,27). The summed E-state index contributed by atoms with van der Waals surface area (Å²) in [4.78, 5) is 16.7. The fourth-order valence-corrected chi connectivity index (χ4v) is 3.28. The molecule has 0 aliphatic rings. The number of pyridine rings is 2. The zero-order valence-electron chi connectivity index (χ0n) is 16.8. The summed E-state index contributed by atoms with van der Waals surface area (Å²) in [7, 11) is 0. The van der Waals surface area contributed by atoms with E-state index in [0.717, 1.165) is 31.2 Å². The monoisotopic (exact) mass is 401 g/mol. The van der Waals surface area contributed by atoms with Gasteiger partial charge in [0.15, 0.2) is 5.76 Å². The third kappa shape index (κ3) is 4.76. The van der Waals surface area contributed by atoms with E-state index in [1.165, 1.54) is 6.07 Å². The van der Waals surface area contributed by atoms with Crippen LogP contribution >= 0.6 is 0 Å². The summed E-state index contributed by atoms with van der Waals surface area (Å²) in [6.45, 7) is 2.50. The smallest absolute Gasteiger partial charge is 0.250 e. The maximum Gasteiger partial charge on any atom is 0.250 e. The molecule has 3 heterocycles. The summed E-state index contributed by atoms with van der Waals surface area (Å²) in [5.41, 5.74) is 8.04. The van der Waals surface area contributed by atoms with Crippen LogP contribution in [0.4, 0.5) is 5.82 Å². The number of hydrogen-bond acceptors (Lipinski definition) is 6. The molecule has 2 N–H and O–H groups in total. The number of nitrogens with zero attached hydrogens (tertiary/aromatic N) is 4. The van der Waals surface area contributed by atoms with Gasteiger partial charge in [0.2, 0.25) is 0 Å². The van der Waals surface area contributed by atoms with Crippen LogP contribution in [0.1, 0.15) is 38.2 Å². The fourth-order valence-electron chi connectivity index (χ4n) is 3.28. The lowest BCUT2D eigenvalue weighted by atomic mass is 10.0. The van der Waals surface area contributed by atoms with Gasteiger partial charge >= 0.3 is 0 Å². The van der Waals surface area contributed by atoms with Gasteiger partial charge in [-0.05, 0) is 44.0 Å². The Balaban J connectivity index is 1.88. The van der Waals surface area contributed by atoms with Gasteiger partial charge in [-0.15, -0.1) is 0 Å². The third-order valence-corrected chi connectivity index (χ3v) is 4.98. The number of nitrogens with two attached hydrogens (primary N) is 1. The molecule has 3 aromatic heterocycles. The lowest BCUT2D eigenvalue weighted by Crippen LogP contribution is -2.18. The normalized spacial score (nSPS) is 11.6. The molecule has 3 aromatic rings. The molecule has 0 aromatic carbocycles. The van der Waals surface area contributed by atoms with Crippen molar-refractivity contribution in [2.24, 2.45) is 5.92 Å². The lowest BCUT2D eigenvalue weighted by molar-refractivity contribution is 0.531. The van der Waals surface area contributed by atoms with Crippen molar-refractivity contribution >= 4 is 5.82 Å². The Hall–Kier alpha value is -3.84. The Kier molecular flexibility index (Phi) is 6.67. The van der Waals surface area contributed by atoms with E-state index in [2.05, 4.69) is 17.1 Å². The molecule has 0 saturated carbocycles. The Morgan fingerprint density at radius 3 is 2.77 bits per heavy atom. The lowest BCUT2D eigenvalue weighted by Gasteiger charge is -2.12. The number of furan rings is 1. The molecule has 0 spiro atoms. The quantitative estimate of drug-likeness (QED) is 0.560. The van der Waals surface area contributed by atoms with E-state index in [1.54, 1.807) is 41.3 Å². The molecule has 1 unspecified atom stereocenters. The van der Waals surface area contributed by atoms with Crippen molar-refractivity contribution in [1.82, 2.24) is 9.55 Å². The number of aryl methyl sites for hydroxylation is 1. The van der Waals surface area contributed by atoms with Crippen molar-refractivity contribution in [3.05, 3.63) is 58.7 Å². The van der Waals surface area contributed by atoms with Gasteiger partial charge in [-0.2, -0.15) is 10.5 Å². The number of anilines is 1. The highest BCUT2D eigenvalue weighted by Gasteiger charge is 2.16. The van der Waals surface area contributed by atoms with Gasteiger partial charge in [0.1, 0.15) is 17.6 Å². The minimum absolute atomic E-state index is 0.0587. The molecule has 30 heavy (non-hydrogen) atoms. The van der Waals surface area contributed by atoms with Gasteiger partial charge in [-0.1, -0.05) is 12.8 Å². The second kappa shape index (κ2) is 9.58. The Bertz CT molecular complexity index is 1150. The third-order valence-electron chi connectivity index (χ3n) is 4.98. The van der Waals surface area contributed by atoms with E-state index in [1.807, 2.05) is 6.92 Å². The van der Waals surface area contributed by atoms with Gasteiger partial charge < -0.3 is 14.7 Å². The first-order valence-electron chi connectivity index (χ1n) is 9.88. The first-order chi connectivity index (χ1) is 14.5. The molecule has 7 nitrogen and oxygen atoms in total. The van der Waals surface area contributed by atoms with Crippen molar-refractivity contribution in [3.63, 3.8) is 0 Å². The van der Waals surface area contributed by atoms with E-state index in [0.29, 0.717) is 23.6 Å². The highest BCUT2D eigenvalue weighted by Crippen LogP contribution is 2.33. The molecule has 0 aliphatic heterocycles. The summed E-state index contributed by atoms with van der Waals surface area (Å²) in [6.07, 6.45) is 6.94. The zero-order valence-corrected chi connectivity index (χ0v) is 16.8. The van der Waals surface area contributed by atoms with E-state index in [-0.39, 0.29) is 22.9 Å². The molecule has 0 bridgehead atoms. The molecular weight excluding hydrogens is 378 g/mol. The minimum atomic E-state index is -0.0902. The predicted molar refractivity (Wildman–Crippen MR) is 114 cm³/mol. The zero-order chi connectivity index (χ0) is 21.5. The van der Waals surface area contributed by atoms with Crippen LogP contribution in [0.2, 0.25) is 0 Å². The summed E-state index contributed by atoms with van der Waals surface area (Å²) in [5, 5.41) is 18.2. The number of unbranched alkanes of at least 4 members (excludes halogenated alkanes) is 2. The molecule has 1 atom stereocenters. The van der Waals surface area contributed by atoms with Crippen LogP contribution in [-0.4, -0.2) is 9.55 Å². The number of nitriles is 2. The first kappa shape index (κ1) is 20.9. The van der Waals surface area contributed by atoms with Crippen molar-refractivity contribution in [2.75, 3.05) is 5.73 Å². The minimum Gasteiger partial charge on any atom is -0.463 e. The van der Waals surface area contributed by atoms with Crippen LogP contribution in [-0.2, 0) is 6.54 Å². The second-order valence-corrected chi connectivity index (χ2v) is 7.24. The van der Waals surface area contributed by atoms with Gasteiger partial charge in [0, 0.05) is 35.9 Å². The molecular formula is C23H23N5O2. The largest absolute Gasteiger partial charge is 0.463 e. The van der Waals surface area contributed by atoms with E-state index >= 15 is 0 Å². The van der Waals surface area contributed by atoms with Crippen LogP contribution < -0.4 is 11.3 Å². The SMILES string of the molecule is CC(C#N)CCCCCn1cc(-c2cc(C#N)c(N)nc2-c2ccco2)ccc1=O. The number of hydrogen-bond donors (Lipinski definition) is 1. The van der Waals surface area contributed by atoms with Crippen LogP contribution in [0, 0.1) is 28.6 Å². The van der Waals surface area contributed by atoms with E-state index < -0.39 is 0 Å². The van der Waals surface area contributed by atoms with Gasteiger partial charge in [-0.25, -0.2) is 4.98 Å². The van der Waals surface area contributed by atoms with Crippen LogP contribution in [0.5, 0.6) is 0 Å². The maximum absolute atomic E-state index is 12.3. The highest BCUT2D eigenvalue weighted by atomic mass is 16.3. The summed E-state index contributed by atoms with van der Waals surface area (Å²) in [6, 6.07) is 12.7. The van der Waals surface area contributed by atoms with Crippen LogP contribution in [0.3, 0.4) is 0 Å². The average molecular weight is 401 g/mol. The molecule has 0 saturated heterocycles. The number of nitrogen functional groups attached to an aromatic ring is 1. The van der Waals surface area contributed by atoms with Gasteiger partial charge in [0.05, 0.1) is 17.9 Å². The molecule has 7 heteroatoms. The molecule has 0 radical (unpaired) electrons. The van der Waals surface area contributed by atoms with Crippen molar-refractivity contribution in [1.29, 1.82) is 10.5 Å². The van der Waals surface area contributed by atoms with E-state index in [9.17, 15) is 10.1 Å². The predicted octanol–water partition coefficient (Wildman–Crippen LogP) is 4.34. The second-order valence-electron chi connectivity index (χ2n) is 7.24. The molecule has 3 rings (SSSR count). The first-order valence-corrected chi connectivity index (χ1v) is 9.88. The maximum atomic E-state index is 12.3. The van der Waals surface area contributed by atoms with Crippen molar-refractivity contribution < 1.29 is 4.42 Å². The molecule has 0 amide bonds. The Labute approximate surface area is 175 Å². The summed E-state index contributed by atoms with van der Waals surface area (Å²) < 4.78 is 7.16. The number of rotatable bonds is 8. The number of aromatic nitrogens is 2. The van der Waals surface area contributed by atoms with Gasteiger partial charge in [0.25, 0.3) is 5.56 Å². The Morgan fingerprint density at radius 1 is 1.23 bits per heavy atom. The summed E-state index contributed by atoms with van der Waals surface area (Å²) in [5.74, 6) is 0.724. The molecule has 152 valence electrons. The average Bonchev–Trinajstić information content (AvgIpc) is 3.29. The van der Waals surface area contributed by atoms with Crippen molar-refractivity contribution in [3.8, 4) is 34.7 Å². The molecule has 0 fully saturated rings.